The molecule has 4 rings (SSSR count). The van der Waals surface area contributed by atoms with Gasteiger partial charge in [-0.2, -0.15) is 0 Å². The molecule has 4 aliphatic carbocycles. The molecule has 0 aromatic carbocycles. The summed E-state index contributed by atoms with van der Waals surface area (Å²) in [7, 11) is 0. The summed E-state index contributed by atoms with van der Waals surface area (Å²) in [6.07, 6.45) is 9.90. The highest BCUT2D eigenvalue weighted by atomic mass is 79.9. The average molecular weight is 433 g/mol. The highest BCUT2D eigenvalue weighted by molar-refractivity contribution is 9.12. The first-order valence-corrected chi connectivity index (χ1v) is 11.1. The van der Waals surface area contributed by atoms with E-state index < -0.39 is 5.60 Å². The van der Waals surface area contributed by atoms with Gasteiger partial charge in [0.15, 0.2) is 11.4 Å². The van der Waals surface area contributed by atoms with Crippen LogP contribution in [0.25, 0.3) is 0 Å². The summed E-state index contributed by atoms with van der Waals surface area (Å²) in [6, 6.07) is 0. The fourth-order valence-corrected chi connectivity index (χ4v) is 7.60. The smallest absolute Gasteiger partial charge is 0.304 e. The van der Waals surface area contributed by atoms with Crippen LogP contribution in [0.5, 0.6) is 0 Å². The zero-order valence-electron chi connectivity index (χ0n) is 16.6. The lowest BCUT2D eigenvalue weighted by Crippen LogP contribution is -2.55. The molecule has 0 aromatic rings. The number of hydrogen-bond acceptors (Lipinski definition) is 3. The van der Waals surface area contributed by atoms with Crippen molar-refractivity contribution in [2.75, 3.05) is 0 Å². The molecule has 0 saturated heterocycles. The third-order valence-corrected chi connectivity index (χ3v) is 8.85. The van der Waals surface area contributed by atoms with Gasteiger partial charge in [-0.15, -0.1) is 0 Å². The quantitative estimate of drug-likeness (QED) is 0.423. The zero-order valence-corrected chi connectivity index (χ0v) is 18.2. The molecule has 0 bridgehead atoms. The fraction of sp³-hybridized carbons (Fsp3) is 0.739. The van der Waals surface area contributed by atoms with Crippen LogP contribution in [0, 0.1) is 39.3 Å². The van der Waals surface area contributed by atoms with Gasteiger partial charge in [-0.25, -0.2) is 0 Å². The van der Waals surface area contributed by atoms with E-state index in [1.54, 1.807) is 0 Å². The molecule has 0 N–H and O–H groups in total. The molecule has 3 saturated carbocycles. The Morgan fingerprint density at radius 1 is 1.15 bits per heavy atom. The monoisotopic (exact) mass is 432 g/mol. The molecule has 0 spiro atoms. The summed E-state index contributed by atoms with van der Waals surface area (Å²) >= 11 is 3.26. The van der Waals surface area contributed by atoms with Crippen molar-refractivity contribution in [2.24, 2.45) is 28.6 Å². The van der Waals surface area contributed by atoms with Gasteiger partial charge in [-0.05, 0) is 84.9 Å². The molecule has 3 nitrogen and oxygen atoms in total. The molecular formula is C23H29BrO3. The maximum Gasteiger partial charge on any atom is 0.304 e. The van der Waals surface area contributed by atoms with Crippen molar-refractivity contribution < 1.29 is 14.3 Å². The summed E-state index contributed by atoms with van der Waals surface area (Å²) in [5.41, 5.74) is 0.805. The molecule has 27 heavy (non-hydrogen) atoms. The van der Waals surface area contributed by atoms with Crippen molar-refractivity contribution in [1.29, 1.82) is 0 Å². The topological polar surface area (TPSA) is 43.4 Å². The van der Waals surface area contributed by atoms with Crippen LogP contribution in [0.3, 0.4) is 0 Å². The van der Waals surface area contributed by atoms with Crippen molar-refractivity contribution >= 4 is 27.7 Å². The molecule has 0 amide bonds. The van der Waals surface area contributed by atoms with Gasteiger partial charge in [0.25, 0.3) is 0 Å². The number of esters is 1. The van der Waals surface area contributed by atoms with Crippen molar-refractivity contribution in [3.05, 3.63) is 11.6 Å². The first kappa shape index (κ1) is 19.2. The maximum atomic E-state index is 12.0. The van der Waals surface area contributed by atoms with Gasteiger partial charge in [0.2, 0.25) is 0 Å². The van der Waals surface area contributed by atoms with Gasteiger partial charge < -0.3 is 4.74 Å². The van der Waals surface area contributed by atoms with Crippen LogP contribution in [0.1, 0.15) is 72.1 Å². The standard InChI is InChI=1S/C23H29BrO3/c1-15(25)27-23(12-13-24)11-8-20-18-5-4-16-14-17(26)6-9-21(16,2)19(18)7-10-22(20,23)3/h14,18-20H,4-11H2,1-3H3/t18-,19+,20+,21+,22+,23-/m1/s1. The van der Waals surface area contributed by atoms with Gasteiger partial charge in [-0.3, -0.25) is 9.59 Å². The van der Waals surface area contributed by atoms with Crippen LogP contribution < -0.4 is 0 Å². The van der Waals surface area contributed by atoms with E-state index in [2.05, 4.69) is 40.5 Å². The van der Waals surface area contributed by atoms with Crippen molar-refractivity contribution in [3.8, 4) is 10.8 Å². The molecule has 0 aromatic heterocycles. The SMILES string of the molecule is CC(=O)O[C@@]1(C#CBr)CC[C@H]2[C@@H]3CCC4=CC(=O)CC[C@]4(C)[C@H]3CC[C@@]21C. The van der Waals surface area contributed by atoms with Gasteiger partial charge >= 0.3 is 5.97 Å². The van der Waals surface area contributed by atoms with Crippen LogP contribution in [-0.4, -0.2) is 17.4 Å². The lowest BCUT2D eigenvalue weighted by molar-refractivity contribution is -0.169. The fourth-order valence-electron chi connectivity index (χ4n) is 7.28. The van der Waals surface area contributed by atoms with Gasteiger partial charge in [0.05, 0.1) is 0 Å². The third kappa shape index (κ3) is 2.68. The molecule has 0 aliphatic heterocycles. The van der Waals surface area contributed by atoms with E-state index in [0.29, 0.717) is 30.0 Å². The van der Waals surface area contributed by atoms with Crippen molar-refractivity contribution in [3.63, 3.8) is 0 Å². The lowest BCUT2D eigenvalue weighted by Gasteiger charge is -2.58. The first-order chi connectivity index (χ1) is 12.8. The molecule has 0 unspecified atom stereocenters. The summed E-state index contributed by atoms with van der Waals surface area (Å²) < 4.78 is 5.94. The van der Waals surface area contributed by atoms with Gasteiger partial charge in [-0.1, -0.05) is 19.4 Å². The second kappa shape index (κ2) is 6.48. The first-order valence-electron chi connectivity index (χ1n) is 10.3. The Bertz CT molecular complexity index is 774. The Balaban J connectivity index is 1.70. The highest BCUT2D eigenvalue weighted by Crippen LogP contribution is 2.68. The van der Waals surface area contributed by atoms with Crippen molar-refractivity contribution in [2.45, 2.75) is 77.7 Å². The predicted octanol–water partition coefficient (Wildman–Crippen LogP) is 5.18. The van der Waals surface area contributed by atoms with Crippen LogP contribution in [0.2, 0.25) is 0 Å². The molecule has 6 atom stereocenters. The Morgan fingerprint density at radius 2 is 1.89 bits per heavy atom. The Morgan fingerprint density at radius 3 is 2.59 bits per heavy atom. The van der Waals surface area contributed by atoms with E-state index in [1.165, 1.54) is 12.5 Å². The zero-order chi connectivity index (χ0) is 19.4. The molecule has 146 valence electrons. The number of ketones is 1. The van der Waals surface area contributed by atoms with Gasteiger partial charge in [0, 0.05) is 34.7 Å². The van der Waals surface area contributed by atoms with E-state index >= 15 is 0 Å². The highest BCUT2D eigenvalue weighted by Gasteiger charge is 2.65. The lowest BCUT2D eigenvalue weighted by atomic mass is 9.46. The van der Waals surface area contributed by atoms with E-state index in [-0.39, 0.29) is 16.8 Å². The van der Waals surface area contributed by atoms with Crippen LogP contribution in [0.15, 0.2) is 11.6 Å². The summed E-state index contributed by atoms with van der Waals surface area (Å²) in [6.45, 7) is 6.20. The van der Waals surface area contributed by atoms with Crippen molar-refractivity contribution in [1.82, 2.24) is 0 Å². The Kier molecular flexibility index (Phi) is 4.62. The second-order valence-corrected chi connectivity index (χ2v) is 10.0. The minimum Gasteiger partial charge on any atom is -0.445 e. The molecule has 0 heterocycles. The van der Waals surface area contributed by atoms with Crippen LogP contribution in [-0.2, 0) is 14.3 Å². The van der Waals surface area contributed by atoms with E-state index in [9.17, 15) is 9.59 Å². The normalized spacial score (nSPS) is 45.6. The molecule has 0 radical (unpaired) electrons. The van der Waals surface area contributed by atoms with Crippen LogP contribution >= 0.6 is 15.9 Å². The number of hydrogen-bond donors (Lipinski definition) is 0. The summed E-state index contributed by atoms with van der Waals surface area (Å²) in [5, 5.41) is 0. The van der Waals surface area contributed by atoms with E-state index in [0.717, 1.165) is 44.9 Å². The number of fused-ring (bicyclic) bond motifs is 5. The largest absolute Gasteiger partial charge is 0.445 e. The number of ether oxygens (including phenoxy) is 1. The summed E-state index contributed by atoms with van der Waals surface area (Å²) in [5.74, 6) is 5.13. The number of allylic oxidation sites excluding steroid dienone is 1. The second-order valence-electron chi connectivity index (χ2n) is 9.60. The Labute approximate surface area is 170 Å². The number of carbonyl (C=O) groups is 2. The number of halogens is 1. The molecule has 4 heteroatoms. The Hall–Kier alpha value is -1.08. The number of carbonyl (C=O) groups excluding carboxylic acids is 2. The van der Waals surface area contributed by atoms with E-state index in [1.807, 2.05) is 6.08 Å². The minimum atomic E-state index is -0.669. The van der Waals surface area contributed by atoms with Gasteiger partial charge in [0.1, 0.15) is 0 Å². The average Bonchev–Trinajstić information content (AvgIpc) is 2.88. The number of rotatable bonds is 1. The van der Waals surface area contributed by atoms with Crippen LogP contribution in [0.4, 0.5) is 0 Å². The summed E-state index contributed by atoms with van der Waals surface area (Å²) in [4.78, 5) is 26.8. The third-order valence-electron chi connectivity index (χ3n) is 8.65. The predicted molar refractivity (Wildman–Crippen MR) is 108 cm³/mol. The molecular weight excluding hydrogens is 404 g/mol. The molecule has 4 aliphatic rings. The minimum absolute atomic E-state index is 0.0946. The maximum absolute atomic E-state index is 12.0. The molecule has 3 fully saturated rings. The van der Waals surface area contributed by atoms with E-state index in [4.69, 9.17) is 4.74 Å².